The first-order chi connectivity index (χ1) is 30.0. The summed E-state index contributed by atoms with van der Waals surface area (Å²) in [5.41, 5.74) is 6.41. The quantitative estimate of drug-likeness (QED) is 0.0724. The number of hydrogen-bond acceptors (Lipinski definition) is 8. The summed E-state index contributed by atoms with van der Waals surface area (Å²) in [7, 11) is 1.67. The summed E-state index contributed by atoms with van der Waals surface area (Å²) in [6.07, 6.45) is 7.51. The second kappa shape index (κ2) is 18.6. The van der Waals surface area contributed by atoms with Crippen LogP contribution in [0.1, 0.15) is 74.9 Å². The Kier molecular flexibility index (Phi) is 12.8. The number of imidazole rings is 2. The molecule has 324 valence electrons. The summed E-state index contributed by atoms with van der Waals surface area (Å²) < 4.78 is 5.53. The maximum Gasteiger partial charge on any atom is 0.405 e. The average molecular weight is 859 g/mol. The molecule has 0 bridgehead atoms. The maximum absolute atomic E-state index is 14.4. The number of carboxylic acid groups (broad SMARTS) is 1. The van der Waals surface area contributed by atoms with Gasteiger partial charge in [-0.1, -0.05) is 92.7 Å². The third-order valence-corrected chi connectivity index (χ3v) is 13.3. The normalized spacial score (nSPS) is 20.9. The van der Waals surface area contributed by atoms with E-state index in [1.54, 1.807) is 30.0 Å². The van der Waals surface area contributed by atoms with E-state index >= 15 is 0 Å². The Morgan fingerprint density at radius 3 is 1.84 bits per heavy atom. The van der Waals surface area contributed by atoms with Crippen molar-refractivity contribution in [3.8, 4) is 33.6 Å². The predicted octanol–water partition coefficient (Wildman–Crippen LogP) is 7.23. The third kappa shape index (κ3) is 9.28. The van der Waals surface area contributed by atoms with E-state index in [9.17, 15) is 24.3 Å². The number of carbonyl (C=O) groups excluding carboxylic acids is 3. The molecule has 15 heteroatoms. The van der Waals surface area contributed by atoms with Gasteiger partial charge in [0.1, 0.15) is 23.7 Å². The van der Waals surface area contributed by atoms with Gasteiger partial charge in [-0.3, -0.25) is 14.4 Å². The average Bonchev–Trinajstić information content (AvgIpc) is 3.64. The molecule has 0 unspecified atom stereocenters. The molecule has 8 rings (SSSR count). The van der Waals surface area contributed by atoms with Crippen molar-refractivity contribution >= 4 is 35.6 Å². The minimum atomic E-state index is -1.22. The Balaban J connectivity index is 0.955. The number of rotatable bonds is 15. The fourth-order valence-electron chi connectivity index (χ4n) is 8.77. The second-order valence-electron chi connectivity index (χ2n) is 17.0. The lowest BCUT2D eigenvalue weighted by atomic mass is 10.0. The van der Waals surface area contributed by atoms with Crippen molar-refractivity contribution in [2.24, 2.45) is 17.8 Å². The zero-order valence-electron chi connectivity index (χ0n) is 35.4. The molecule has 5 N–H and O–H groups in total. The molecule has 5 aromatic rings. The first-order valence-corrected chi connectivity index (χ1v) is 22.6. The zero-order chi connectivity index (χ0) is 43.5. The molecule has 1 aliphatic carbocycles. The molecular formula is C47H54N8O6S. The number of hydrogen-bond donors (Lipinski definition) is 5. The van der Waals surface area contributed by atoms with E-state index in [2.05, 4.69) is 57.0 Å². The summed E-state index contributed by atoms with van der Waals surface area (Å²) in [6, 6.07) is 23.7. The number of aromatic nitrogens is 4. The smallest absolute Gasteiger partial charge is 0.405 e. The van der Waals surface area contributed by atoms with E-state index in [0.29, 0.717) is 37.8 Å². The zero-order valence-corrected chi connectivity index (χ0v) is 36.2. The number of ether oxygens (including phenoxy) is 1. The summed E-state index contributed by atoms with van der Waals surface area (Å²) in [5, 5.41) is 15.1. The second-order valence-corrected chi connectivity index (χ2v) is 18.1. The van der Waals surface area contributed by atoms with Crippen LogP contribution in [0.25, 0.3) is 33.6 Å². The number of benzene rings is 3. The standard InChI is InChI=1S/C47H54N8O6S/c1-27(2)40(53-47(59)60)45(57)55-25-35(62-4)21-39(55)43-49-23-37(51-43)32-16-12-30(13-17-32)29-10-14-31(15-11-29)36-22-48-42(50-36)38-20-28(26-61-3)24-54(38)46(58)41(33-8-6-5-7-9-33)52-44(56)34-18-19-34/h5-17,22-23,27-28,34-35,38-41,53H,18-21,24-26H2,1-4H3,(H,48,50)(H,49,51)(H,52,56)(H,59,60)/t28-,35-,38-,39-,40-,41+/m0/s1. The summed E-state index contributed by atoms with van der Waals surface area (Å²) in [5.74, 6) is 0.786. The predicted molar refractivity (Wildman–Crippen MR) is 238 cm³/mol. The number of amides is 4. The molecule has 2 saturated heterocycles. The van der Waals surface area contributed by atoms with Crippen LogP contribution in [-0.2, 0) is 19.1 Å². The number of thioether (sulfide) groups is 1. The summed E-state index contributed by atoms with van der Waals surface area (Å²) in [4.78, 5) is 72.6. The van der Waals surface area contributed by atoms with E-state index < -0.39 is 18.2 Å². The van der Waals surface area contributed by atoms with Crippen LogP contribution in [0.4, 0.5) is 4.79 Å². The van der Waals surface area contributed by atoms with Gasteiger partial charge in [-0.2, -0.15) is 11.8 Å². The van der Waals surface area contributed by atoms with Crippen molar-refractivity contribution < 1.29 is 29.0 Å². The van der Waals surface area contributed by atoms with Crippen molar-refractivity contribution in [1.29, 1.82) is 0 Å². The van der Waals surface area contributed by atoms with Gasteiger partial charge in [0.05, 0.1) is 42.5 Å². The number of aromatic amines is 2. The van der Waals surface area contributed by atoms with E-state index in [1.165, 1.54) is 0 Å². The molecule has 0 radical (unpaired) electrons. The van der Waals surface area contributed by atoms with Gasteiger partial charge in [-0.15, -0.1) is 0 Å². The minimum absolute atomic E-state index is 0.0297. The highest BCUT2D eigenvalue weighted by Gasteiger charge is 2.43. The molecule has 62 heavy (non-hydrogen) atoms. The lowest BCUT2D eigenvalue weighted by Crippen LogP contribution is -2.51. The first kappa shape index (κ1) is 42.7. The van der Waals surface area contributed by atoms with Crippen molar-refractivity contribution in [2.75, 3.05) is 33.1 Å². The van der Waals surface area contributed by atoms with Gasteiger partial charge >= 0.3 is 6.09 Å². The van der Waals surface area contributed by atoms with Crippen LogP contribution in [0.15, 0.2) is 91.3 Å². The van der Waals surface area contributed by atoms with E-state index in [0.717, 1.165) is 58.5 Å². The number of methoxy groups -OCH3 is 1. The van der Waals surface area contributed by atoms with Crippen LogP contribution in [0.3, 0.4) is 0 Å². The van der Waals surface area contributed by atoms with Gasteiger partial charge in [0.25, 0.3) is 0 Å². The Hall–Kier alpha value is -5.93. The van der Waals surface area contributed by atoms with Gasteiger partial charge < -0.3 is 40.2 Å². The van der Waals surface area contributed by atoms with Crippen molar-refractivity contribution in [3.63, 3.8) is 0 Å². The number of H-pyrrole nitrogens is 2. The van der Waals surface area contributed by atoms with Crippen LogP contribution in [0.5, 0.6) is 0 Å². The fraction of sp³-hybridized carbons (Fsp3) is 0.404. The Labute approximate surface area is 365 Å². The number of nitrogens with one attached hydrogen (secondary N) is 4. The Morgan fingerprint density at radius 1 is 0.774 bits per heavy atom. The van der Waals surface area contributed by atoms with Gasteiger partial charge in [0.15, 0.2) is 0 Å². The number of likely N-dealkylation sites (tertiary alicyclic amines) is 2. The molecule has 0 spiro atoms. The number of carbonyl (C=O) groups is 4. The van der Waals surface area contributed by atoms with Gasteiger partial charge in [-0.25, -0.2) is 14.8 Å². The SMILES string of the molecule is COC[C@H]1C[C@@H](c2ncc(-c3ccc(-c4ccc(-c5cnc([C@@H]6C[C@H](SC)CN6C(=O)[C@@H](NC(=O)O)C(C)C)[nH]5)cc4)cc3)[nH]2)N(C(=O)[C@H](NC(=O)C2CC2)c2ccccc2)C1. The van der Waals surface area contributed by atoms with E-state index in [1.807, 2.05) is 73.7 Å². The summed E-state index contributed by atoms with van der Waals surface area (Å²) in [6.45, 7) is 5.21. The Morgan fingerprint density at radius 2 is 1.32 bits per heavy atom. The maximum atomic E-state index is 14.4. The topological polar surface area (TPSA) is 186 Å². The van der Waals surface area contributed by atoms with Gasteiger partial charge in [0, 0.05) is 37.3 Å². The van der Waals surface area contributed by atoms with Crippen molar-refractivity contribution in [1.82, 2.24) is 40.4 Å². The van der Waals surface area contributed by atoms with Crippen LogP contribution in [0.2, 0.25) is 0 Å². The monoisotopic (exact) mass is 858 g/mol. The lowest BCUT2D eigenvalue weighted by molar-refractivity contribution is -0.138. The molecule has 14 nitrogen and oxygen atoms in total. The largest absolute Gasteiger partial charge is 0.465 e. The van der Waals surface area contributed by atoms with Gasteiger partial charge in [0.2, 0.25) is 17.7 Å². The van der Waals surface area contributed by atoms with Gasteiger partial charge in [-0.05, 0) is 65.7 Å². The molecule has 4 heterocycles. The van der Waals surface area contributed by atoms with Crippen molar-refractivity contribution in [2.45, 2.75) is 68.9 Å². The molecule has 2 aromatic heterocycles. The Bertz CT molecular complexity index is 2360. The van der Waals surface area contributed by atoms with Crippen LogP contribution < -0.4 is 10.6 Å². The molecule has 3 aliphatic rings. The highest BCUT2D eigenvalue weighted by molar-refractivity contribution is 7.99. The van der Waals surface area contributed by atoms with Crippen LogP contribution in [0, 0.1) is 17.8 Å². The van der Waals surface area contributed by atoms with E-state index in [4.69, 9.17) is 14.7 Å². The molecular weight excluding hydrogens is 805 g/mol. The molecule has 1 saturated carbocycles. The molecule has 4 amide bonds. The lowest BCUT2D eigenvalue weighted by Gasteiger charge is -2.29. The molecule has 3 aromatic carbocycles. The minimum Gasteiger partial charge on any atom is -0.465 e. The number of nitrogens with zero attached hydrogens (tertiary/aromatic N) is 4. The van der Waals surface area contributed by atoms with E-state index in [-0.39, 0.29) is 52.8 Å². The van der Waals surface area contributed by atoms with Crippen LogP contribution in [-0.4, -0.2) is 103 Å². The highest BCUT2D eigenvalue weighted by Crippen LogP contribution is 2.39. The first-order valence-electron chi connectivity index (χ1n) is 21.3. The summed E-state index contributed by atoms with van der Waals surface area (Å²) >= 11 is 1.70. The third-order valence-electron chi connectivity index (χ3n) is 12.3. The molecule has 3 fully saturated rings. The van der Waals surface area contributed by atoms with Crippen molar-refractivity contribution in [3.05, 3.63) is 108 Å². The molecule has 6 atom stereocenters. The highest BCUT2D eigenvalue weighted by atomic mass is 32.2. The fourth-order valence-corrected chi connectivity index (χ4v) is 9.46. The molecule has 2 aliphatic heterocycles. The van der Waals surface area contributed by atoms with Crippen LogP contribution >= 0.6 is 11.8 Å².